The molecule has 10 heteroatoms. The van der Waals surface area contributed by atoms with Crippen LogP contribution in [0.1, 0.15) is 33.1 Å². The molecule has 2 aromatic heterocycles. The molecule has 0 saturated carbocycles. The molecule has 2 aliphatic rings. The SMILES string of the molecule is C[C@@]12CC[C@@](C)(N1)[C@@H](F)[C@@H](Oc1cnc(-c3ccc(-n4cc(F)cn4)cc3O)nn1)C2. The molecule has 0 aliphatic carbocycles. The van der Waals surface area contributed by atoms with E-state index in [9.17, 15) is 9.50 Å². The van der Waals surface area contributed by atoms with Crippen molar-refractivity contribution in [2.24, 2.45) is 0 Å². The summed E-state index contributed by atoms with van der Waals surface area (Å²) in [5.41, 5.74) is 0.0606. The fourth-order valence-electron chi connectivity index (χ4n) is 4.66. The van der Waals surface area contributed by atoms with Crippen LogP contribution in [0.15, 0.2) is 36.8 Å². The van der Waals surface area contributed by atoms with E-state index in [1.165, 1.54) is 23.1 Å². The van der Waals surface area contributed by atoms with E-state index in [2.05, 4.69) is 32.5 Å². The van der Waals surface area contributed by atoms with Gasteiger partial charge in [-0.15, -0.1) is 10.2 Å². The minimum absolute atomic E-state index is 0.108. The number of benzene rings is 1. The van der Waals surface area contributed by atoms with Crippen molar-refractivity contribution in [3.8, 4) is 28.7 Å². The normalized spacial score (nSPS) is 29.8. The summed E-state index contributed by atoms with van der Waals surface area (Å²) in [6, 6.07) is 4.66. The number of piperidine rings is 1. The van der Waals surface area contributed by atoms with Gasteiger partial charge in [0.15, 0.2) is 17.8 Å². The molecule has 0 radical (unpaired) electrons. The Bertz CT molecular complexity index is 1120. The molecule has 4 heterocycles. The van der Waals surface area contributed by atoms with Crippen LogP contribution in [0.5, 0.6) is 11.6 Å². The van der Waals surface area contributed by atoms with Crippen molar-refractivity contribution in [2.75, 3.05) is 0 Å². The van der Waals surface area contributed by atoms with Crippen molar-refractivity contribution >= 4 is 0 Å². The number of hydrogen-bond donors (Lipinski definition) is 2. The summed E-state index contributed by atoms with van der Waals surface area (Å²) in [5, 5.41) is 25.7. The van der Waals surface area contributed by atoms with Gasteiger partial charge < -0.3 is 15.2 Å². The third-order valence-corrected chi connectivity index (χ3v) is 6.22. The maximum atomic E-state index is 15.0. The number of phenols is 1. The van der Waals surface area contributed by atoms with Gasteiger partial charge in [-0.25, -0.2) is 18.4 Å². The number of halogens is 2. The van der Waals surface area contributed by atoms with Crippen LogP contribution in [-0.4, -0.2) is 53.4 Å². The van der Waals surface area contributed by atoms with Gasteiger partial charge in [0.25, 0.3) is 5.88 Å². The summed E-state index contributed by atoms with van der Waals surface area (Å²) >= 11 is 0. The number of ether oxygens (including phenoxy) is 1. The van der Waals surface area contributed by atoms with Crippen LogP contribution in [-0.2, 0) is 0 Å². The lowest BCUT2D eigenvalue weighted by atomic mass is 9.85. The van der Waals surface area contributed by atoms with E-state index in [1.54, 1.807) is 12.1 Å². The molecule has 2 aliphatic heterocycles. The topological polar surface area (TPSA) is 98.0 Å². The lowest BCUT2D eigenvalue weighted by Gasteiger charge is -2.43. The van der Waals surface area contributed by atoms with Gasteiger partial charge in [0.2, 0.25) is 0 Å². The monoisotopic (exact) mass is 428 g/mol. The van der Waals surface area contributed by atoms with Gasteiger partial charge >= 0.3 is 0 Å². The molecule has 4 atom stereocenters. The molecule has 31 heavy (non-hydrogen) atoms. The van der Waals surface area contributed by atoms with E-state index in [0.29, 0.717) is 17.7 Å². The standard InChI is InChI=1S/C21H22F2N6O2/c1-20-5-6-21(2,28-20)18(23)16(8-20)31-17-10-24-19(27-26-17)14-4-3-13(7-15(14)30)29-11-12(22)9-25-29/h3-4,7,9-11,16,18,28,30H,5-6,8H2,1-2H3/t16-,18-,20-,21+/m0/s1. The second kappa shape index (κ2) is 6.94. The number of aromatic hydroxyl groups is 1. The highest BCUT2D eigenvalue weighted by atomic mass is 19.1. The summed E-state index contributed by atoms with van der Waals surface area (Å²) in [4.78, 5) is 4.22. The number of nitrogens with zero attached hydrogens (tertiary/aromatic N) is 5. The van der Waals surface area contributed by atoms with Crippen molar-refractivity contribution in [3.63, 3.8) is 0 Å². The Morgan fingerprint density at radius 1 is 1.23 bits per heavy atom. The number of hydrogen-bond acceptors (Lipinski definition) is 7. The zero-order valence-corrected chi connectivity index (χ0v) is 17.1. The minimum Gasteiger partial charge on any atom is -0.507 e. The fourth-order valence-corrected chi connectivity index (χ4v) is 4.66. The zero-order valence-electron chi connectivity index (χ0n) is 17.1. The maximum absolute atomic E-state index is 15.0. The minimum atomic E-state index is -1.17. The summed E-state index contributed by atoms with van der Waals surface area (Å²) < 4.78 is 35.3. The van der Waals surface area contributed by atoms with Crippen LogP contribution in [0.2, 0.25) is 0 Å². The molecule has 3 aromatic rings. The van der Waals surface area contributed by atoms with Crippen molar-refractivity contribution < 1.29 is 18.6 Å². The summed E-state index contributed by atoms with van der Waals surface area (Å²) in [5.74, 6) is -0.271. The zero-order chi connectivity index (χ0) is 21.8. The number of alkyl halides is 1. The summed E-state index contributed by atoms with van der Waals surface area (Å²) in [7, 11) is 0. The van der Waals surface area contributed by atoms with Crippen LogP contribution in [0.25, 0.3) is 17.1 Å². The Kier molecular flexibility index (Phi) is 4.44. The third kappa shape index (κ3) is 3.50. The molecule has 0 spiro atoms. The molecular formula is C21H22F2N6O2. The Morgan fingerprint density at radius 3 is 2.74 bits per heavy atom. The highest BCUT2D eigenvalue weighted by Crippen LogP contribution is 2.44. The maximum Gasteiger partial charge on any atom is 0.252 e. The van der Waals surface area contributed by atoms with E-state index in [0.717, 1.165) is 19.0 Å². The van der Waals surface area contributed by atoms with E-state index >= 15 is 4.39 Å². The van der Waals surface area contributed by atoms with Gasteiger partial charge in [0.1, 0.15) is 11.9 Å². The average Bonchev–Trinajstić information content (AvgIpc) is 3.29. The van der Waals surface area contributed by atoms with Gasteiger partial charge in [-0.1, -0.05) is 0 Å². The van der Waals surface area contributed by atoms with Gasteiger partial charge in [0.05, 0.1) is 35.4 Å². The van der Waals surface area contributed by atoms with Crippen LogP contribution in [0.4, 0.5) is 8.78 Å². The van der Waals surface area contributed by atoms with Gasteiger partial charge in [-0.2, -0.15) is 5.10 Å². The highest BCUT2D eigenvalue weighted by Gasteiger charge is 2.56. The van der Waals surface area contributed by atoms with Crippen molar-refractivity contribution in [3.05, 3.63) is 42.6 Å². The van der Waals surface area contributed by atoms with Crippen LogP contribution >= 0.6 is 0 Å². The Labute approximate surface area is 177 Å². The quantitative estimate of drug-likeness (QED) is 0.659. The Balaban J connectivity index is 1.34. The smallest absolute Gasteiger partial charge is 0.252 e. The predicted molar refractivity (Wildman–Crippen MR) is 107 cm³/mol. The van der Waals surface area contributed by atoms with Crippen molar-refractivity contribution in [1.82, 2.24) is 30.3 Å². The van der Waals surface area contributed by atoms with Crippen molar-refractivity contribution in [2.45, 2.75) is 56.5 Å². The number of nitrogens with one attached hydrogen (secondary N) is 1. The first-order chi connectivity index (χ1) is 14.7. The average molecular weight is 428 g/mol. The first kappa shape index (κ1) is 19.8. The van der Waals surface area contributed by atoms with Crippen molar-refractivity contribution in [1.29, 1.82) is 0 Å². The van der Waals surface area contributed by atoms with Crippen LogP contribution in [0.3, 0.4) is 0 Å². The highest BCUT2D eigenvalue weighted by molar-refractivity contribution is 5.65. The summed E-state index contributed by atoms with van der Waals surface area (Å²) in [6.45, 7) is 3.97. The largest absolute Gasteiger partial charge is 0.507 e. The first-order valence-corrected chi connectivity index (χ1v) is 10.1. The number of phenolic OH excluding ortho intramolecular Hbond substituents is 1. The summed E-state index contributed by atoms with van der Waals surface area (Å²) in [6.07, 6.45) is 4.03. The molecule has 8 nitrogen and oxygen atoms in total. The molecule has 2 N–H and O–H groups in total. The number of fused-ring (bicyclic) bond motifs is 2. The Morgan fingerprint density at radius 2 is 2.06 bits per heavy atom. The van der Waals surface area contributed by atoms with E-state index < -0.39 is 23.6 Å². The van der Waals surface area contributed by atoms with E-state index in [-0.39, 0.29) is 23.0 Å². The molecule has 5 rings (SSSR count). The van der Waals surface area contributed by atoms with E-state index in [1.807, 2.05) is 6.92 Å². The fraction of sp³-hybridized carbons (Fsp3) is 0.429. The van der Waals surface area contributed by atoms with Gasteiger partial charge in [-0.3, -0.25) is 0 Å². The molecule has 2 fully saturated rings. The molecule has 2 saturated heterocycles. The molecular weight excluding hydrogens is 406 g/mol. The number of rotatable bonds is 4. The lowest BCUT2D eigenvalue weighted by molar-refractivity contribution is -0.00973. The molecule has 0 amide bonds. The first-order valence-electron chi connectivity index (χ1n) is 10.1. The van der Waals surface area contributed by atoms with Crippen LogP contribution < -0.4 is 10.1 Å². The lowest BCUT2D eigenvalue weighted by Crippen LogP contribution is -2.63. The van der Waals surface area contributed by atoms with Crippen LogP contribution in [0, 0.1) is 5.82 Å². The van der Waals surface area contributed by atoms with E-state index in [4.69, 9.17) is 4.74 Å². The Hall–Kier alpha value is -3.14. The molecule has 162 valence electrons. The second-order valence-corrected chi connectivity index (χ2v) is 8.79. The molecule has 0 unspecified atom stereocenters. The third-order valence-electron chi connectivity index (χ3n) is 6.22. The molecule has 2 bridgehead atoms. The predicted octanol–water partition coefficient (Wildman–Crippen LogP) is 2.96. The molecule has 1 aromatic carbocycles. The number of aromatic nitrogens is 5. The van der Waals surface area contributed by atoms with Gasteiger partial charge in [-0.05, 0) is 38.8 Å². The second-order valence-electron chi connectivity index (χ2n) is 8.79. The van der Waals surface area contributed by atoms with Gasteiger partial charge in [0, 0.05) is 18.0 Å².